The van der Waals surface area contributed by atoms with Crippen molar-refractivity contribution in [2.75, 3.05) is 13.1 Å². The van der Waals surface area contributed by atoms with Gasteiger partial charge in [-0.2, -0.15) is 0 Å². The number of fused-ring (bicyclic) bond motifs is 1. The first-order valence-electron chi connectivity index (χ1n) is 7.32. The van der Waals surface area contributed by atoms with Gasteiger partial charge in [0.05, 0.1) is 5.60 Å². The molecule has 3 nitrogen and oxygen atoms in total. The molecule has 1 saturated heterocycles. The zero-order valence-corrected chi connectivity index (χ0v) is 12.9. The Hall–Kier alpha value is -0.840. The van der Waals surface area contributed by atoms with Gasteiger partial charge in [0.2, 0.25) is 0 Å². The van der Waals surface area contributed by atoms with E-state index in [9.17, 15) is 0 Å². The Bertz CT molecular complexity index is 630. The van der Waals surface area contributed by atoms with Crippen molar-refractivity contribution in [3.05, 3.63) is 34.5 Å². The molecule has 1 aromatic carbocycles. The van der Waals surface area contributed by atoms with E-state index in [-0.39, 0.29) is 11.7 Å². The topological polar surface area (TPSA) is 34.4 Å². The normalized spacial score (nSPS) is 25.6. The first-order valence-corrected chi connectivity index (χ1v) is 8.11. The largest absolute Gasteiger partial charge is 0.458 e. The van der Waals surface area contributed by atoms with E-state index in [2.05, 4.69) is 33.4 Å². The summed E-state index contributed by atoms with van der Waals surface area (Å²) >= 11 is 3.50. The van der Waals surface area contributed by atoms with Crippen LogP contribution in [0.5, 0.6) is 0 Å². The predicted octanol–water partition coefficient (Wildman–Crippen LogP) is 4.17. The first-order chi connectivity index (χ1) is 9.74. The van der Waals surface area contributed by atoms with Crippen LogP contribution in [0.15, 0.2) is 33.2 Å². The number of morpholine rings is 1. The summed E-state index contributed by atoms with van der Waals surface area (Å²) in [6.45, 7) is 1.82. The van der Waals surface area contributed by atoms with E-state index in [1.807, 2.05) is 12.1 Å². The standard InChI is InChI=1S/C16H18BrNO2/c17-12-3-4-13-11(7-12)8-14(19-13)15-9-18-10-16(20-15)5-1-2-6-16/h3-4,7-8,15,18H,1-2,5-6,9-10H2. The lowest BCUT2D eigenvalue weighted by Gasteiger charge is -2.38. The minimum Gasteiger partial charge on any atom is -0.458 e. The van der Waals surface area contributed by atoms with Gasteiger partial charge in [0.25, 0.3) is 0 Å². The Morgan fingerprint density at radius 2 is 2.05 bits per heavy atom. The van der Waals surface area contributed by atoms with E-state index < -0.39 is 0 Å². The number of furan rings is 1. The van der Waals surface area contributed by atoms with Crippen LogP contribution >= 0.6 is 15.9 Å². The third-order valence-corrected chi connectivity index (χ3v) is 4.99. The van der Waals surface area contributed by atoms with Crippen LogP contribution < -0.4 is 5.32 Å². The highest BCUT2D eigenvalue weighted by molar-refractivity contribution is 9.10. The number of ether oxygens (including phenoxy) is 1. The van der Waals surface area contributed by atoms with E-state index in [1.165, 1.54) is 25.7 Å². The molecule has 1 aliphatic carbocycles. The fourth-order valence-corrected chi connectivity index (χ4v) is 3.86. The Kier molecular flexibility index (Phi) is 3.13. The summed E-state index contributed by atoms with van der Waals surface area (Å²) in [6, 6.07) is 8.21. The average molecular weight is 336 g/mol. The molecular formula is C16H18BrNO2. The molecule has 20 heavy (non-hydrogen) atoms. The fraction of sp³-hybridized carbons (Fsp3) is 0.500. The van der Waals surface area contributed by atoms with Gasteiger partial charge >= 0.3 is 0 Å². The summed E-state index contributed by atoms with van der Waals surface area (Å²) in [5.41, 5.74) is 0.973. The molecule has 4 rings (SSSR count). The minimum atomic E-state index is 0.0352. The second-order valence-corrected chi connectivity index (χ2v) is 6.87. The molecule has 2 heterocycles. The van der Waals surface area contributed by atoms with Gasteiger partial charge in [-0.15, -0.1) is 0 Å². The van der Waals surface area contributed by atoms with Crippen molar-refractivity contribution in [2.24, 2.45) is 0 Å². The van der Waals surface area contributed by atoms with Crippen LogP contribution in [-0.4, -0.2) is 18.7 Å². The molecule has 4 heteroatoms. The van der Waals surface area contributed by atoms with Crippen molar-refractivity contribution in [3.63, 3.8) is 0 Å². The van der Waals surface area contributed by atoms with Crippen molar-refractivity contribution in [1.29, 1.82) is 0 Å². The Morgan fingerprint density at radius 1 is 1.20 bits per heavy atom. The highest BCUT2D eigenvalue weighted by atomic mass is 79.9. The molecule has 1 spiro atoms. The third kappa shape index (κ3) is 2.20. The molecule has 2 aliphatic rings. The van der Waals surface area contributed by atoms with Crippen molar-refractivity contribution in [1.82, 2.24) is 5.32 Å². The van der Waals surface area contributed by atoms with Crippen LogP contribution in [0.2, 0.25) is 0 Å². The quantitative estimate of drug-likeness (QED) is 0.849. The van der Waals surface area contributed by atoms with Gasteiger partial charge in [0.1, 0.15) is 17.4 Å². The summed E-state index contributed by atoms with van der Waals surface area (Å²) in [6.07, 6.45) is 4.93. The van der Waals surface area contributed by atoms with Crippen molar-refractivity contribution in [2.45, 2.75) is 37.4 Å². The molecule has 2 fully saturated rings. The number of halogens is 1. The van der Waals surface area contributed by atoms with Gasteiger partial charge in [-0.05, 0) is 37.1 Å². The molecule has 1 unspecified atom stereocenters. The second-order valence-electron chi connectivity index (χ2n) is 5.96. The molecule has 2 aromatic rings. The highest BCUT2D eigenvalue weighted by Crippen LogP contribution is 2.40. The molecule has 1 atom stereocenters. The summed E-state index contributed by atoms with van der Waals surface area (Å²) in [7, 11) is 0. The van der Waals surface area contributed by atoms with Crippen LogP contribution in [0.25, 0.3) is 11.0 Å². The smallest absolute Gasteiger partial charge is 0.135 e. The first kappa shape index (κ1) is 12.9. The molecule has 1 N–H and O–H groups in total. The molecule has 0 radical (unpaired) electrons. The lowest BCUT2D eigenvalue weighted by molar-refractivity contribution is -0.120. The van der Waals surface area contributed by atoms with Crippen molar-refractivity contribution >= 4 is 26.9 Å². The summed E-state index contributed by atoms with van der Waals surface area (Å²) < 4.78 is 13.5. The molecule has 0 bridgehead atoms. The molecule has 0 amide bonds. The van der Waals surface area contributed by atoms with Crippen LogP contribution in [0.1, 0.15) is 37.5 Å². The second kappa shape index (κ2) is 4.86. The van der Waals surface area contributed by atoms with Crippen LogP contribution in [0.4, 0.5) is 0 Å². The fourth-order valence-electron chi connectivity index (χ4n) is 3.48. The third-order valence-electron chi connectivity index (χ3n) is 4.50. The van der Waals surface area contributed by atoms with Gasteiger partial charge in [-0.25, -0.2) is 0 Å². The van der Waals surface area contributed by atoms with E-state index >= 15 is 0 Å². The van der Waals surface area contributed by atoms with Crippen LogP contribution in [-0.2, 0) is 4.74 Å². The van der Waals surface area contributed by atoms with Gasteiger partial charge in [-0.3, -0.25) is 0 Å². The Morgan fingerprint density at radius 3 is 2.90 bits per heavy atom. The Labute approximate surface area is 126 Å². The molecule has 106 valence electrons. The van der Waals surface area contributed by atoms with Gasteiger partial charge < -0.3 is 14.5 Å². The minimum absolute atomic E-state index is 0.0352. The van der Waals surface area contributed by atoms with Crippen LogP contribution in [0.3, 0.4) is 0 Å². The van der Waals surface area contributed by atoms with E-state index in [0.29, 0.717) is 0 Å². The summed E-state index contributed by atoms with van der Waals surface area (Å²) in [5, 5.41) is 4.66. The number of hydrogen-bond acceptors (Lipinski definition) is 3. The molecule has 1 aromatic heterocycles. The van der Waals surface area contributed by atoms with Gasteiger partial charge in [0.15, 0.2) is 0 Å². The molecule has 1 aliphatic heterocycles. The number of hydrogen-bond donors (Lipinski definition) is 1. The lowest BCUT2D eigenvalue weighted by Crippen LogP contribution is -2.49. The van der Waals surface area contributed by atoms with Gasteiger partial charge in [-0.1, -0.05) is 28.8 Å². The Balaban J connectivity index is 1.64. The van der Waals surface area contributed by atoms with E-state index in [4.69, 9.17) is 9.15 Å². The number of benzene rings is 1. The SMILES string of the molecule is Brc1ccc2oc(C3CNCC4(CCCC4)O3)cc2c1. The number of nitrogens with one attached hydrogen (secondary N) is 1. The summed E-state index contributed by atoms with van der Waals surface area (Å²) in [4.78, 5) is 0. The average Bonchev–Trinajstić information content (AvgIpc) is 3.05. The number of rotatable bonds is 1. The zero-order valence-electron chi connectivity index (χ0n) is 11.3. The molecule has 1 saturated carbocycles. The summed E-state index contributed by atoms with van der Waals surface area (Å²) in [5.74, 6) is 0.941. The lowest BCUT2D eigenvalue weighted by atomic mass is 9.99. The van der Waals surface area contributed by atoms with Crippen LogP contribution in [0, 0.1) is 0 Å². The molecular weight excluding hydrogens is 318 g/mol. The maximum atomic E-state index is 6.41. The zero-order chi connectivity index (χ0) is 13.6. The van der Waals surface area contributed by atoms with E-state index in [1.54, 1.807) is 0 Å². The van der Waals surface area contributed by atoms with E-state index in [0.717, 1.165) is 34.3 Å². The maximum absolute atomic E-state index is 6.41. The highest BCUT2D eigenvalue weighted by Gasteiger charge is 2.40. The maximum Gasteiger partial charge on any atom is 0.135 e. The predicted molar refractivity (Wildman–Crippen MR) is 81.8 cm³/mol. The van der Waals surface area contributed by atoms with Gasteiger partial charge in [0, 0.05) is 22.9 Å². The van der Waals surface area contributed by atoms with Crippen molar-refractivity contribution in [3.8, 4) is 0 Å². The van der Waals surface area contributed by atoms with Crippen molar-refractivity contribution < 1.29 is 9.15 Å². The monoisotopic (exact) mass is 335 g/mol.